The molecule has 0 radical (unpaired) electrons. The predicted octanol–water partition coefficient (Wildman–Crippen LogP) is 4.78. The van der Waals surface area contributed by atoms with Gasteiger partial charge in [-0.1, -0.05) is 30.7 Å². The molecule has 0 bridgehead atoms. The first-order chi connectivity index (χ1) is 13.0. The van der Waals surface area contributed by atoms with E-state index in [0.29, 0.717) is 17.2 Å². The number of aryl methyl sites for hydroxylation is 3. The molecule has 1 aliphatic carbocycles. The molecule has 2 aromatic heterocycles. The zero-order chi connectivity index (χ0) is 19.1. The van der Waals surface area contributed by atoms with Crippen molar-refractivity contribution >= 4 is 11.6 Å². The lowest BCUT2D eigenvalue weighted by atomic mass is 10.0. The van der Waals surface area contributed by atoms with Gasteiger partial charge in [-0.25, -0.2) is 0 Å². The Morgan fingerprint density at radius 3 is 2.74 bits per heavy atom. The average Bonchev–Trinajstić information content (AvgIpc) is 3.27. The number of nitrogens with zero attached hydrogens (tertiary/aromatic N) is 3. The van der Waals surface area contributed by atoms with Crippen LogP contribution in [0.2, 0.25) is 0 Å². The zero-order valence-electron chi connectivity index (χ0n) is 16.6. The van der Waals surface area contributed by atoms with Crippen LogP contribution in [-0.2, 0) is 0 Å². The lowest BCUT2D eigenvalue weighted by molar-refractivity contribution is 0.0748. The third kappa shape index (κ3) is 3.27. The Bertz CT molecular complexity index is 995. The summed E-state index contributed by atoms with van der Waals surface area (Å²) >= 11 is 0. The molecule has 3 aromatic rings. The summed E-state index contributed by atoms with van der Waals surface area (Å²) in [4.78, 5) is 15.2. The van der Waals surface area contributed by atoms with Gasteiger partial charge >= 0.3 is 0 Å². The van der Waals surface area contributed by atoms with Crippen LogP contribution in [0, 0.1) is 26.7 Å². The van der Waals surface area contributed by atoms with E-state index in [1.807, 2.05) is 11.8 Å². The second-order valence-corrected chi connectivity index (χ2v) is 7.81. The first-order valence-corrected chi connectivity index (χ1v) is 9.83. The minimum absolute atomic E-state index is 0.0396. The van der Waals surface area contributed by atoms with Crippen molar-refractivity contribution in [2.24, 2.45) is 5.92 Å². The summed E-state index contributed by atoms with van der Waals surface area (Å²) in [7, 11) is 0. The molecule has 2 heterocycles. The maximum absolute atomic E-state index is 13.3. The molecule has 5 nitrogen and oxygen atoms in total. The van der Waals surface area contributed by atoms with Gasteiger partial charge in [-0.15, -0.1) is 0 Å². The highest BCUT2D eigenvalue weighted by Gasteiger charge is 2.30. The van der Waals surface area contributed by atoms with E-state index in [2.05, 4.69) is 44.1 Å². The second kappa shape index (κ2) is 6.87. The standard InChI is InChI=1S/C22H27N3O2/c1-5-10-24(12-17-7-8-17)21(26)20-16(4)23-25-19(13-27-22(20)25)18-9-6-14(2)11-15(18)3/h6,9,11,13,17H,5,7-8,10,12H2,1-4H3. The Hall–Kier alpha value is -2.56. The van der Waals surface area contributed by atoms with Crippen molar-refractivity contribution in [2.75, 3.05) is 13.1 Å². The van der Waals surface area contributed by atoms with Gasteiger partial charge in [0.2, 0.25) is 5.71 Å². The Morgan fingerprint density at radius 2 is 2.07 bits per heavy atom. The summed E-state index contributed by atoms with van der Waals surface area (Å²) < 4.78 is 7.64. The molecule has 1 aliphatic rings. The minimum Gasteiger partial charge on any atom is -0.444 e. The number of benzene rings is 1. The summed E-state index contributed by atoms with van der Waals surface area (Å²) in [5.74, 6) is 0.701. The zero-order valence-corrected chi connectivity index (χ0v) is 16.6. The van der Waals surface area contributed by atoms with E-state index in [1.54, 1.807) is 10.8 Å². The molecule has 0 unspecified atom stereocenters. The predicted molar refractivity (Wildman–Crippen MR) is 106 cm³/mol. The van der Waals surface area contributed by atoms with Crippen LogP contribution >= 0.6 is 0 Å². The van der Waals surface area contributed by atoms with E-state index in [-0.39, 0.29) is 5.91 Å². The van der Waals surface area contributed by atoms with Crippen molar-refractivity contribution in [3.05, 3.63) is 46.8 Å². The smallest absolute Gasteiger partial charge is 0.261 e. The van der Waals surface area contributed by atoms with Crippen molar-refractivity contribution in [1.82, 2.24) is 14.5 Å². The van der Waals surface area contributed by atoms with Gasteiger partial charge in [0.1, 0.15) is 17.5 Å². The summed E-state index contributed by atoms with van der Waals surface area (Å²) in [5, 5.41) is 4.65. The average molecular weight is 365 g/mol. The molecule has 27 heavy (non-hydrogen) atoms. The number of carbonyl (C=O) groups excluding carboxylic acids is 1. The molecular formula is C22H27N3O2. The first-order valence-electron chi connectivity index (χ1n) is 9.83. The monoisotopic (exact) mass is 365 g/mol. The number of hydrogen-bond donors (Lipinski definition) is 0. The van der Waals surface area contributed by atoms with E-state index in [9.17, 15) is 4.79 Å². The van der Waals surface area contributed by atoms with Crippen molar-refractivity contribution in [3.8, 4) is 11.3 Å². The van der Waals surface area contributed by atoms with Gasteiger partial charge in [0, 0.05) is 18.7 Å². The normalized spacial score (nSPS) is 14.1. The van der Waals surface area contributed by atoms with E-state index in [0.717, 1.165) is 36.5 Å². The van der Waals surface area contributed by atoms with Gasteiger partial charge in [0.15, 0.2) is 0 Å². The Kier molecular flexibility index (Phi) is 4.54. The first kappa shape index (κ1) is 17.8. The van der Waals surface area contributed by atoms with E-state index >= 15 is 0 Å². The van der Waals surface area contributed by atoms with Crippen LogP contribution in [0.15, 0.2) is 28.9 Å². The maximum atomic E-state index is 13.3. The topological polar surface area (TPSA) is 50.8 Å². The van der Waals surface area contributed by atoms with Crippen molar-refractivity contribution in [2.45, 2.75) is 47.0 Å². The molecular weight excluding hydrogens is 338 g/mol. The van der Waals surface area contributed by atoms with Gasteiger partial charge in [0.25, 0.3) is 5.91 Å². The third-order valence-electron chi connectivity index (χ3n) is 5.36. The molecule has 0 N–H and O–H groups in total. The van der Waals surface area contributed by atoms with Gasteiger partial charge in [-0.3, -0.25) is 4.79 Å². The van der Waals surface area contributed by atoms with Crippen LogP contribution in [0.25, 0.3) is 17.0 Å². The quantitative estimate of drug-likeness (QED) is 0.631. The van der Waals surface area contributed by atoms with E-state index in [1.165, 1.54) is 24.0 Å². The Morgan fingerprint density at radius 1 is 1.30 bits per heavy atom. The van der Waals surface area contributed by atoms with Crippen LogP contribution in [-0.4, -0.2) is 33.5 Å². The molecule has 0 spiro atoms. The molecule has 142 valence electrons. The molecule has 1 aromatic carbocycles. The number of aromatic nitrogens is 2. The van der Waals surface area contributed by atoms with Gasteiger partial charge in [-0.2, -0.15) is 9.61 Å². The summed E-state index contributed by atoms with van der Waals surface area (Å²) in [6, 6.07) is 6.32. The van der Waals surface area contributed by atoms with Crippen LogP contribution in [0.3, 0.4) is 0 Å². The van der Waals surface area contributed by atoms with Gasteiger partial charge in [-0.05, 0) is 51.5 Å². The number of rotatable bonds is 6. The number of oxazole rings is 1. The number of fused-ring (bicyclic) bond motifs is 1. The molecule has 1 fully saturated rings. The number of amides is 1. The number of carbonyl (C=O) groups is 1. The highest BCUT2D eigenvalue weighted by molar-refractivity contribution is 6.01. The fourth-order valence-electron chi connectivity index (χ4n) is 3.78. The van der Waals surface area contributed by atoms with Gasteiger partial charge < -0.3 is 9.32 Å². The molecule has 0 aliphatic heterocycles. The van der Waals surface area contributed by atoms with Crippen LogP contribution < -0.4 is 0 Å². The van der Waals surface area contributed by atoms with E-state index < -0.39 is 0 Å². The van der Waals surface area contributed by atoms with Crippen LogP contribution in [0.5, 0.6) is 0 Å². The van der Waals surface area contributed by atoms with Crippen molar-refractivity contribution in [3.63, 3.8) is 0 Å². The van der Waals surface area contributed by atoms with Crippen LogP contribution in [0.1, 0.15) is 53.4 Å². The molecule has 0 atom stereocenters. The second-order valence-electron chi connectivity index (χ2n) is 7.81. The lowest BCUT2D eigenvalue weighted by Gasteiger charge is -2.21. The minimum atomic E-state index is 0.0396. The fourth-order valence-corrected chi connectivity index (χ4v) is 3.78. The summed E-state index contributed by atoms with van der Waals surface area (Å²) in [5.41, 5.74) is 6.21. The fraction of sp³-hybridized carbons (Fsp3) is 0.455. The molecule has 1 saturated carbocycles. The lowest BCUT2D eigenvalue weighted by Crippen LogP contribution is -2.33. The van der Waals surface area contributed by atoms with Gasteiger partial charge in [0.05, 0.1) is 5.69 Å². The SMILES string of the molecule is CCCN(CC1CC1)C(=O)c1c(C)nn2c(-c3ccc(C)cc3C)coc12. The largest absolute Gasteiger partial charge is 0.444 e. The molecule has 1 amide bonds. The molecule has 5 heteroatoms. The number of hydrogen-bond acceptors (Lipinski definition) is 3. The third-order valence-corrected chi connectivity index (χ3v) is 5.36. The van der Waals surface area contributed by atoms with Crippen molar-refractivity contribution in [1.29, 1.82) is 0 Å². The highest BCUT2D eigenvalue weighted by atomic mass is 16.3. The Labute approximate surface area is 160 Å². The highest BCUT2D eigenvalue weighted by Crippen LogP contribution is 2.32. The molecule has 0 saturated heterocycles. The van der Waals surface area contributed by atoms with Crippen molar-refractivity contribution < 1.29 is 9.21 Å². The maximum Gasteiger partial charge on any atom is 0.261 e. The molecule has 4 rings (SSSR count). The van der Waals surface area contributed by atoms with E-state index in [4.69, 9.17) is 4.42 Å². The van der Waals surface area contributed by atoms with Crippen LogP contribution in [0.4, 0.5) is 0 Å². The summed E-state index contributed by atoms with van der Waals surface area (Å²) in [6.07, 6.45) is 5.12. The summed E-state index contributed by atoms with van der Waals surface area (Å²) in [6.45, 7) is 9.79. The Balaban J connectivity index is 1.75.